The van der Waals surface area contributed by atoms with Gasteiger partial charge in [0.2, 0.25) is 5.91 Å². The lowest BCUT2D eigenvalue weighted by Crippen LogP contribution is -2.51. The summed E-state index contributed by atoms with van der Waals surface area (Å²) in [4.78, 5) is 25.1. The molecule has 0 aliphatic carbocycles. The normalized spacial score (nSPS) is 16.8. The average molecular weight is 366 g/mol. The maximum atomic E-state index is 12.7. The molecule has 2 aromatic carbocycles. The number of rotatable bonds is 6. The van der Waals surface area contributed by atoms with Crippen molar-refractivity contribution in [2.24, 2.45) is 11.8 Å². The minimum atomic E-state index is -0.575. The summed E-state index contributed by atoms with van der Waals surface area (Å²) >= 11 is 0. The number of hydrogen-bond acceptors (Lipinski definition) is 3. The van der Waals surface area contributed by atoms with E-state index in [1.165, 1.54) is 5.56 Å². The second kappa shape index (κ2) is 8.71. The zero-order valence-electron chi connectivity index (χ0n) is 15.8. The van der Waals surface area contributed by atoms with Gasteiger partial charge in [-0.05, 0) is 36.1 Å². The highest BCUT2D eigenvalue weighted by molar-refractivity contribution is 5.97. The van der Waals surface area contributed by atoms with Crippen molar-refractivity contribution in [3.8, 4) is 5.75 Å². The van der Waals surface area contributed by atoms with Crippen molar-refractivity contribution >= 4 is 11.8 Å². The predicted molar refractivity (Wildman–Crippen MR) is 105 cm³/mol. The third kappa shape index (κ3) is 4.88. The van der Waals surface area contributed by atoms with Gasteiger partial charge in [0.1, 0.15) is 11.8 Å². The largest absolute Gasteiger partial charge is 0.493 e. The van der Waals surface area contributed by atoms with Crippen LogP contribution in [0.4, 0.5) is 0 Å². The van der Waals surface area contributed by atoms with E-state index < -0.39 is 6.04 Å². The molecule has 0 saturated carbocycles. The Kier molecular flexibility index (Phi) is 6.12. The molecule has 5 nitrogen and oxygen atoms in total. The highest BCUT2D eigenvalue weighted by Crippen LogP contribution is 2.26. The lowest BCUT2D eigenvalue weighted by Gasteiger charge is -2.27. The third-order valence-electron chi connectivity index (χ3n) is 4.79. The zero-order valence-corrected chi connectivity index (χ0v) is 15.8. The van der Waals surface area contributed by atoms with E-state index >= 15 is 0 Å². The van der Waals surface area contributed by atoms with Gasteiger partial charge in [-0.3, -0.25) is 9.59 Å². The van der Waals surface area contributed by atoms with Crippen molar-refractivity contribution in [2.75, 3.05) is 13.2 Å². The topological polar surface area (TPSA) is 67.4 Å². The van der Waals surface area contributed by atoms with E-state index in [0.29, 0.717) is 18.7 Å². The van der Waals surface area contributed by atoms with E-state index in [-0.39, 0.29) is 23.7 Å². The summed E-state index contributed by atoms with van der Waals surface area (Å²) in [5.41, 5.74) is 1.72. The first-order valence-corrected chi connectivity index (χ1v) is 9.39. The van der Waals surface area contributed by atoms with Gasteiger partial charge in [-0.2, -0.15) is 0 Å². The first-order chi connectivity index (χ1) is 13.0. The maximum absolute atomic E-state index is 12.7. The lowest BCUT2D eigenvalue weighted by molar-refractivity contribution is -0.124. The average Bonchev–Trinajstić information content (AvgIpc) is 2.70. The minimum Gasteiger partial charge on any atom is -0.493 e. The van der Waals surface area contributed by atoms with Crippen molar-refractivity contribution in [1.29, 1.82) is 0 Å². The number of amides is 2. The maximum Gasteiger partial charge on any atom is 0.251 e. The van der Waals surface area contributed by atoms with Gasteiger partial charge in [0.05, 0.1) is 6.61 Å². The van der Waals surface area contributed by atoms with Crippen LogP contribution in [0, 0.1) is 11.8 Å². The Balaban J connectivity index is 1.55. The van der Waals surface area contributed by atoms with Gasteiger partial charge in [0.15, 0.2) is 0 Å². The van der Waals surface area contributed by atoms with Crippen LogP contribution in [0.15, 0.2) is 54.6 Å². The second-order valence-electron chi connectivity index (χ2n) is 7.30. The molecule has 2 unspecified atom stereocenters. The fraction of sp³-hybridized carbons (Fsp3) is 0.364. The molecule has 0 spiro atoms. The van der Waals surface area contributed by atoms with Crippen LogP contribution in [0.1, 0.15) is 29.8 Å². The van der Waals surface area contributed by atoms with E-state index in [0.717, 1.165) is 12.2 Å². The van der Waals surface area contributed by atoms with Gasteiger partial charge >= 0.3 is 0 Å². The van der Waals surface area contributed by atoms with Crippen LogP contribution < -0.4 is 15.4 Å². The Morgan fingerprint density at radius 1 is 1.07 bits per heavy atom. The molecule has 2 amide bonds. The monoisotopic (exact) mass is 366 g/mol. The Hall–Kier alpha value is -2.82. The van der Waals surface area contributed by atoms with Crippen LogP contribution >= 0.6 is 0 Å². The molecule has 0 aromatic heterocycles. The highest BCUT2D eigenvalue weighted by atomic mass is 16.5. The van der Waals surface area contributed by atoms with E-state index in [1.807, 2.05) is 38.1 Å². The van der Waals surface area contributed by atoms with Crippen molar-refractivity contribution in [1.82, 2.24) is 10.6 Å². The Labute approximate surface area is 160 Å². The van der Waals surface area contributed by atoms with Gasteiger partial charge in [-0.15, -0.1) is 0 Å². The van der Waals surface area contributed by atoms with Crippen LogP contribution in [0.2, 0.25) is 0 Å². The number of fused-ring (bicyclic) bond motifs is 1. The fourth-order valence-corrected chi connectivity index (χ4v) is 3.23. The van der Waals surface area contributed by atoms with Crippen LogP contribution in [0.5, 0.6) is 5.75 Å². The first-order valence-electron chi connectivity index (χ1n) is 9.39. The van der Waals surface area contributed by atoms with E-state index in [9.17, 15) is 9.59 Å². The zero-order chi connectivity index (χ0) is 19.2. The van der Waals surface area contributed by atoms with Crippen molar-refractivity contribution in [2.45, 2.75) is 26.3 Å². The molecule has 3 rings (SSSR count). The summed E-state index contributed by atoms with van der Waals surface area (Å²) in [7, 11) is 0. The standard InChI is InChI=1S/C22H26N2O3/c1-15(2)20(24-21(25)17-8-4-3-5-9-17)22(26)23-13-16-12-18-10-6-7-11-19(18)27-14-16/h3-11,15-16,20H,12-14H2,1-2H3,(H,23,26)(H,24,25). The number of ether oxygens (including phenoxy) is 1. The Morgan fingerprint density at radius 2 is 1.78 bits per heavy atom. The number of benzene rings is 2. The summed E-state index contributed by atoms with van der Waals surface area (Å²) < 4.78 is 5.78. The van der Waals surface area contributed by atoms with E-state index in [4.69, 9.17) is 4.74 Å². The van der Waals surface area contributed by atoms with Crippen molar-refractivity contribution in [3.05, 3.63) is 65.7 Å². The summed E-state index contributed by atoms with van der Waals surface area (Å²) in [5, 5.41) is 5.84. The predicted octanol–water partition coefficient (Wildman–Crippen LogP) is 2.81. The molecule has 2 atom stereocenters. The molecular weight excluding hydrogens is 340 g/mol. The van der Waals surface area contributed by atoms with E-state index in [1.54, 1.807) is 24.3 Å². The molecule has 0 radical (unpaired) electrons. The van der Waals surface area contributed by atoms with Gasteiger partial charge in [0, 0.05) is 18.0 Å². The van der Waals surface area contributed by atoms with Crippen LogP contribution in [-0.4, -0.2) is 31.0 Å². The van der Waals surface area contributed by atoms with E-state index in [2.05, 4.69) is 16.7 Å². The van der Waals surface area contributed by atoms with Crippen LogP contribution in [0.25, 0.3) is 0 Å². The van der Waals surface area contributed by atoms with Crippen LogP contribution in [-0.2, 0) is 11.2 Å². The molecule has 5 heteroatoms. The molecule has 1 heterocycles. The molecule has 0 fully saturated rings. The number of nitrogens with one attached hydrogen (secondary N) is 2. The summed E-state index contributed by atoms with van der Waals surface area (Å²) in [5.74, 6) is 0.741. The number of para-hydroxylation sites is 1. The molecule has 1 aliphatic rings. The smallest absolute Gasteiger partial charge is 0.251 e. The molecule has 0 saturated heterocycles. The molecule has 27 heavy (non-hydrogen) atoms. The van der Waals surface area contributed by atoms with Crippen molar-refractivity contribution < 1.29 is 14.3 Å². The third-order valence-corrected chi connectivity index (χ3v) is 4.79. The molecule has 2 N–H and O–H groups in total. The van der Waals surface area contributed by atoms with Gasteiger partial charge in [0.25, 0.3) is 5.91 Å². The fourth-order valence-electron chi connectivity index (χ4n) is 3.23. The summed E-state index contributed by atoms with van der Waals surface area (Å²) in [6.45, 7) is 4.96. The van der Waals surface area contributed by atoms with Crippen LogP contribution in [0.3, 0.4) is 0 Å². The molecule has 2 aromatic rings. The Morgan fingerprint density at radius 3 is 2.52 bits per heavy atom. The molecule has 1 aliphatic heterocycles. The van der Waals surface area contributed by atoms with Gasteiger partial charge in [-0.25, -0.2) is 0 Å². The Bertz CT molecular complexity index is 789. The second-order valence-corrected chi connectivity index (χ2v) is 7.30. The van der Waals surface area contributed by atoms with Gasteiger partial charge < -0.3 is 15.4 Å². The lowest BCUT2D eigenvalue weighted by atomic mass is 9.96. The number of carbonyl (C=O) groups is 2. The summed E-state index contributed by atoms with van der Waals surface area (Å²) in [6.07, 6.45) is 0.874. The minimum absolute atomic E-state index is 0.0130. The molecule has 142 valence electrons. The number of hydrogen-bond donors (Lipinski definition) is 2. The summed E-state index contributed by atoms with van der Waals surface area (Å²) in [6, 6.07) is 16.4. The highest BCUT2D eigenvalue weighted by Gasteiger charge is 2.26. The first kappa shape index (κ1) is 19.0. The van der Waals surface area contributed by atoms with Gasteiger partial charge in [-0.1, -0.05) is 50.2 Å². The quantitative estimate of drug-likeness (QED) is 0.826. The van der Waals surface area contributed by atoms with Crippen molar-refractivity contribution in [3.63, 3.8) is 0 Å². The molecular formula is C22H26N2O3. The SMILES string of the molecule is CC(C)C(NC(=O)c1ccccc1)C(=O)NCC1COc2ccccc2C1. The molecule has 0 bridgehead atoms. The number of carbonyl (C=O) groups excluding carboxylic acids is 2.